The molecular formula is C55H32N2O2. The van der Waals surface area contributed by atoms with Gasteiger partial charge >= 0.3 is 0 Å². The minimum absolute atomic E-state index is 0.799. The van der Waals surface area contributed by atoms with Crippen molar-refractivity contribution in [2.45, 2.75) is 6.92 Å². The first-order chi connectivity index (χ1) is 29.2. The van der Waals surface area contributed by atoms with Gasteiger partial charge in [0.1, 0.15) is 22.5 Å². The third kappa shape index (κ3) is 3.84. The molecule has 0 N–H and O–H groups in total. The Balaban J connectivity index is 0.980. The molecule has 0 atom stereocenters. The number of nitrogens with zero attached hydrogens (tertiary/aromatic N) is 2. The lowest BCUT2D eigenvalue weighted by Crippen LogP contribution is -1.84. The van der Waals surface area contributed by atoms with Gasteiger partial charge in [-0.25, -0.2) is 0 Å². The average molecular weight is 753 g/mol. The molecule has 0 unspecified atom stereocenters. The number of allylic oxidation sites excluding steroid dienone is 1. The van der Waals surface area contributed by atoms with Crippen molar-refractivity contribution in [2.24, 2.45) is 0 Å². The largest absolute Gasteiger partial charge is 0.455 e. The molecular weight excluding hydrogens is 721 g/mol. The fourth-order valence-electron chi connectivity index (χ4n) is 10.6. The smallest absolute Gasteiger partial charge is 0.145 e. The topological polar surface area (TPSA) is 35.1 Å². The van der Waals surface area contributed by atoms with Crippen molar-refractivity contribution in [3.63, 3.8) is 0 Å². The van der Waals surface area contributed by atoms with Gasteiger partial charge in [0.15, 0.2) is 0 Å². The summed E-state index contributed by atoms with van der Waals surface area (Å²) >= 11 is 0. The second-order valence-corrected chi connectivity index (χ2v) is 16.0. The molecule has 274 valence electrons. The van der Waals surface area contributed by atoms with Crippen LogP contribution in [0.5, 0.6) is 0 Å². The predicted octanol–water partition coefficient (Wildman–Crippen LogP) is 15.6. The van der Waals surface area contributed by atoms with Gasteiger partial charge in [0.2, 0.25) is 0 Å². The van der Waals surface area contributed by atoms with Crippen LogP contribution in [-0.2, 0) is 0 Å². The third-order valence-corrected chi connectivity index (χ3v) is 13.0. The van der Waals surface area contributed by atoms with Crippen LogP contribution in [0.25, 0.3) is 144 Å². The number of furan rings is 2. The van der Waals surface area contributed by atoms with Crippen molar-refractivity contribution in [3.8, 4) is 22.3 Å². The Morgan fingerprint density at radius 1 is 0.441 bits per heavy atom. The van der Waals surface area contributed by atoms with Crippen LogP contribution in [0.3, 0.4) is 0 Å². The first-order valence-electron chi connectivity index (χ1n) is 20.2. The van der Waals surface area contributed by atoms with Crippen molar-refractivity contribution in [1.82, 2.24) is 8.80 Å². The van der Waals surface area contributed by atoms with E-state index in [0.717, 1.165) is 49.6 Å². The summed E-state index contributed by atoms with van der Waals surface area (Å²) in [6.07, 6.45) is 6.03. The van der Waals surface area contributed by atoms with Crippen LogP contribution in [0.2, 0.25) is 0 Å². The molecule has 0 saturated carbocycles. The second kappa shape index (κ2) is 11.0. The molecule has 0 spiro atoms. The Morgan fingerprint density at radius 2 is 0.966 bits per heavy atom. The first kappa shape index (κ1) is 31.3. The van der Waals surface area contributed by atoms with E-state index in [-0.39, 0.29) is 0 Å². The van der Waals surface area contributed by atoms with Gasteiger partial charge in [-0.3, -0.25) is 0 Å². The summed E-state index contributed by atoms with van der Waals surface area (Å²) < 4.78 is 18.0. The molecule has 0 aliphatic carbocycles. The number of hydrogen-bond acceptors (Lipinski definition) is 2. The number of aromatic nitrogens is 2. The number of para-hydroxylation sites is 3. The molecule has 6 aromatic heterocycles. The lowest BCUT2D eigenvalue weighted by atomic mass is 9.96. The molecule has 0 aliphatic heterocycles. The molecule has 0 amide bonds. The monoisotopic (exact) mass is 752 g/mol. The van der Waals surface area contributed by atoms with Crippen molar-refractivity contribution >= 4 is 121 Å². The van der Waals surface area contributed by atoms with Gasteiger partial charge in [0, 0.05) is 54.0 Å². The highest BCUT2D eigenvalue weighted by atomic mass is 16.3. The summed E-state index contributed by atoms with van der Waals surface area (Å²) in [5.41, 5.74) is 15.8. The zero-order chi connectivity index (χ0) is 38.7. The van der Waals surface area contributed by atoms with Gasteiger partial charge in [-0.05, 0) is 95.9 Å². The molecule has 4 nitrogen and oxygen atoms in total. The maximum Gasteiger partial charge on any atom is 0.145 e. The maximum absolute atomic E-state index is 6.61. The predicted molar refractivity (Wildman–Crippen MR) is 248 cm³/mol. The van der Waals surface area contributed by atoms with E-state index in [2.05, 4.69) is 173 Å². The van der Waals surface area contributed by atoms with Gasteiger partial charge in [0.05, 0.1) is 43.9 Å². The van der Waals surface area contributed by atoms with Gasteiger partial charge in [-0.1, -0.05) is 104 Å². The minimum Gasteiger partial charge on any atom is -0.455 e. The van der Waals surface area contributed by atoms with E-state index in [4.69, 9.17) is 8.83 Å². The minimum atomic E-state index is 0.799. The van der Waals surface area contributed by atoms with Crippen LogP contribution in [0, 0.1) is 0 Å². The van der Waals surface area contributed by atoms with Gasteiger partial charge in [-0.15, -0.1) is 0 Å². The average Bonchev–Trinajstić information content (AvgIpc) is 4.12. The zero-order valence-corrected chi connectivity index (χ0v) is 32.0. The molecule has 6 heterocycles. The molecule has 8 aromatic carbocycles. The summed E-state index contributed by atoms with van der Waals surface area (Å²) in [6, 6.07) is 53.4. The van der Waals surface area contributed by atoms with E-state index in [1.54, 1.807) is 0 Å². The highest BCUT2D eigenvalue weighted by molar-refractivity contribution is 6.34. The van der Waals surface area contributed by atoms with Crippen LogP contribution < -0.4 is 0 Å². The molecule has 14 rings (SSSR count). The SMILES string of the molecule is C=Cc1oc2c(cc3c4cc(-c5cccc(-c6ccc7c(c6)c6cc8c9ccccc9oc8c8c9ccccc9n7c68)c5)ccc4n4c5ccccc5c2c34)c1/C=C\C. The summed E-state index contributed by atoms with van der Waals surface area (Å²) in [7, 11) is 0. The van der Waals surface area contributed by atoms with Crippen LogP contribution >= 0.6 is 0 Å². The number of benzene rings is 8. The van der Waals surface area contributed by atoms with Crippen molar-refractivity contribution in [1.29, 1.82) is 0 Å². The van der Waals surface area contributed by atoms with Crippen molar-refractivity contribution in [2.75, 3.05) is 0 Å². The van der Waals surface area contributed by atoms with Crippen molar-refractivity contribution in [3.05, 3.63) is 170 Å². The van der Waals surface area contributed by atoms with Crippen LogP contribution in [0.1, 0.15) is 18.2 Å². The lowest BCUT2D eigenvalue weighted by molar-refractivity contribution is 0.607. The summed E-state index contributed by atoms with van der Waals surface area (Å²) in [5, 5.41) is 13.1. The lowest BCUT2D eigenvalue weighted by Gasteiger charge is -2.08. The molecule has 59 heavy (non-hydrogen) atoms. The van der Waals surface area contributed by atoms with Crippen molar-refractivity contribution < 1.29 is 8.83 Å². The summed E-state index contributed by atoms with van der Waals surface area (Å²) in [4.78, 5) is 0. The number of rotatable bonds is 4. The van der Waals surface area contributed by atoms with Crippen LogP contribution in [-0.4, -0.2) is 8.80 Å². The van der Waals surface area contributed by atoms with E-state index in [9.17, 15) is 0 Å². The Bertz CT molecular complexity index is 4160. The normalized spacial score (nSPS) is 12.8. The van der Waals surface area contributed by atoms with Crippen LogP contribution in [0.4, 0.5) is 0 Å². The maximum atomic E-state index is 6.61. The molecule has 0 saturated heterocycles. The second-order valence-electron chi connectivity index (χ2n) is 16.0. The number of fused-ring (bicyclic) bond motifs is 18. The van der Waals surface area contributed by atoms with E-state index in [1.807, 2.05) is 13.0 Å². The molecule has 0 aliphatic rings. The van der Waals surface area contributed by atoms with Gasteiger partial charge in [0.25, 0.3) is 0 Å². The molecule has 4 heteroatoms. The summed E-state index contributed by atoms with van der Waals surface area (Å²) in [6.45, 7) is 6.14. The standard InChI is InChI=1S/C55H32N2O2/c1-3-12-34-42-28-40-38-26-32(21-23-46(38)56-44-18-8-5-16-36(44)50(52(40)56)54(42)58-48(34)4-2)30-13-11-14-31(25-30)33-22-24-47-39(27-33)41-29-43-35-15-7-10-20-49(35)59-55(43)51-37-17-6-9-19-45(37)57(47)53(41)51/h3-29H,2H2,1H3/b12-3-. The van der Waals surface area contributed by atoms with Gasteiger partial charge < -0.3 is 17.6 Å². The Morgan fingerprint density at radius 3 is 1.58 bits per heavy atom. The van der Waals surface area contributed by atoms with Gasteiger partial charge in [-0.2, -0.15) is 0 Å². The van der Waals surface area contributed by atoms with E-state index in [0.29, 0.717) is 0 Å². The van der Waals surface area contributed by atoms with E-state index in [1.165, 1.54) is 93.1 Å². The third-order valence-electron chi connectivity index (χ3n) is 13.0. The van der Waals surface area contributed by atoms with E-state index >= 15 is 0 Å². The highest BCUT2D eigenvalue weighted by Crippen LogP contribution is 2.48. The van der Waals surface area contributed by atoms with Crippen LogP contribution in [0.15, 0.2) is 167 Å². The fourth-order valence-corrected chi connectivity index (χ4v) is 10.6. The number of hydrogen-bond donors (Lipinski definition) is 0. The molecule has 14 aromatic rings. The molecule has 0 fully saturated rings. The Kier molecular flexibility index (Phi) is 5.82. The zero-order valence-electron chi connectivity index (χ0n) is 32.0. The Hall–Kier alpha value is -7.82. The highest BCUT2D eigenvalue weighted by Gasteiger charge is 2.25. The quantitative estimate of drug-likeness (QED) is 0.179. The molecule has 0 radical (unpaired) electrons. The molecule has 0 bridgehead atoms. The fraction of sp³-hybridized carbons (Fsp3) is 0.0182. The van der Waals surface area contributed by atoms with E-state index < -0.39 is 0 Å². The Labute approximate surface area is 336 Å². The summed E-state index contributed by atoms with van der Waals surface area (Å²) in [5.74, 6) is 0.799. The first-order valence-corrected chi connectivity index (χ1v) is 20.2.